The third-order valence-corrected chi connectivity index (χ3v) is 3.18. The van der Waals surface area contributed by atoms with Gasteiger partial charge in [-0.15, -0.1) is 0 Å². The minimum Gasteiger partial charge on any atom is -0.481 e. The van der Waals surface area contributed by atoms with Crippen LogP contribution in [0.2, 0.25) is 0 Å². The number of hydrogen-bond acceptors (Lipinski definition) is 5. The molecule has 0 radical (unpaired) electrons. The molecule has 124 valence electrons. The molecular formula is C17H22N2O4. The molecule has 0 aliphatic carbocycles. The molecular weight excluding hydrogens is 296 g/mol. The van der Waals surface area contributed by atoms with Crippen molar-refractivity contribution in [2.75, 3.05) is 13.7 Å². The van der Waals surface area contributed by atoms with E-state index in [2.05, 4.69) is 10.3 Å². The summed E-state index contributed by atoms with van der Waals surface area (Å²) in [5.74, 6) is 0.471. The van der Waals surface area contributed by atoms with Crippen LogP contribution in [-0.2, 0) is 4.74 Å². The zero-order chi connectivity index (χ0) is 17.0. The average Bonchev–Trinajstić information content (AvgIpc) is 2.50. The second-order valence-corrected chi connectivity index (χ2v) is 6.15. The van der Waals surface area contributed by atoms with Crippen LogP contribution >= 0.6 is 0 Å². The molecule has 1 unspecified atom stereocenters. The number of carbonyl (C=O) groups is 1. The Bertz CT molecular complexity index is 695. The van der Waals surface area contributed by atoms with Gasteiger partial charge >= 0.3 is 6.09 Å². The minimum atomic E-state index is -0.617. The maximum atomic E-state index is 12.0. The highest BCUT2D eigenvalue weighted by atomic mass is 16.6. The molecule has 6 nitrogen and oxygen atoms in total. The van der Waals surface area contributed by atoms with Gasteiger partial charge in [0.1, 0.15) is 5.60 Å². The van der Waals surface area contributed by atoms with Crippen LogP contribution in [-0.4, -0.2) is 35.5 Å². The Labute approximate surface area is 135 Å². The summed E-state index contributed by atoms with van der Waals surface area (Å²) < 4.78 is 10.4. The van der Waals surface area contributed by atoms with Crippen LogP contribution < -0.4 is 10.1 Å². The van der Waals surface area contributed by atoms with Crippen LogP contribution in [0.3, 0.4) is 0 Å². The van der Waals surface area contributed by atoms with Gasteiger partial charge < -0.3 is 19.9 Å². The number of para-hydroxylation sites is 1. The van der Waals surface area contributed by atoms with Gasteiger partial charge in [-0.05, 0) is 26.8 Å². The average molecular weight is 318 g/mol. The Balaban J connectivity index is 2.34. The molecule has 2 N–H and O–H groups in total. The lowest BCUT2D eigenvalue weighted by atomic mass is 10.0. The number of aliphatic hydroxyl groups is 1. The molecule has 2 rings (SSSR count). The zero-order valence-corrected chi connectivity index (χ0v) is 13.8. The molecule has 0 fully saturated rings. The Morgan fingerprint density at radius 2 is 2.04 bits per heavy atom. The quantitative estimate of drug-likeness (QED) is 0.906. The van der Waals surface area contributed by atoms with E-state index in [1.54, 1.807) is 33.9 Å². The lowest BCUT2D eigenvalue weighted by Gasteiger charge is -2.23. The predicted molar refractivity (Wildman–Crippen MR) is 87.5 cm³/mol. The van der Waals surface area contributed by atoms with Crippen molar-refractivity contribution < 1.29 is 19.4 Å². The molecule has 1 aromatic heterocycles. The molecule has 1 atom stereocenters. The van der Waals surface area contributed by atoms with Gasteiger partial charge in [0.05, 0.1) is 25.3 Å². The highest BCUT2D eigenvalue weighted by molar-refractivity contribution is 5.83. The largest absolute Gasteiger partial charge is 0.481 e. The van der Waals surface area contributed by atoms with Crippen LogP contribution in [0.25, 0.3) is 10.9 Å². The lowest BCUT2D eigenvalue weighted by molar-refractivity contribution is 0.0482. The summed E-state index contributed by atoms with van der Waals surface area (Å²) in [4.78, 5) is 16.4. The first kappa shape index (κ1) is 17.0. The number of nitrogens with zero attached hydrogens (tertiary/aromatic N) is 1. The van der Waals surface area contributed by atoms with Crippen LogP contribution in [0.4, 0.5) is 4.79 Å². The molecule has 1 aromatic carbocycles. The summed E-state index contributed by atoms with van der Waals surface area (Å²) in [5.41, 5.74) is 0.765. The molecule has 23 heavy (non-hydrogen) atoms. The number of pyridine rings is 1. The van der Waals surface area contributed by atoms with E-state index in [1.807, 2.05) is 24.3 Å². The second kappa shape index (κ2) is 6.83. The first-order valence-corrected chi connectivity index (χ1v) is 7.38. The number of aliphatic hydroxyl groups excluding tert-OH is 1. The van der Waals surface area contributed by atoms with Gasteiger partial charge in [0, 0.05) is 17.0 Å². The topological polar surface area (TPSA) is 80.7 Å². The van der Waals surface area contributed by atoms with Crippen LogP contribution in [0.5, 0.6) is 5.88 Å². The fourth-order valence-corrected chi connectivity index (χ4v) is 2.22. The summed E-state index contributed by atoms with van der Waals surface area (Å²) >= 11 is 0. The number of methoxy groups -OCH3 is 1. The van der Waals surface area contributed by atoms with Gasteiger partial charge in [-0.3, -0.25) is 0 Å². The Kier molecular flexibility index (Phi) is 5.05. The Hall–Kier alpha value is -2.34. The standard InChI is InChI=1S/C17H22N2O4/c1-17(2,3)23-16(21)18-13(10-20)12-7-5-6-11-8-9-14(22-4)19-15(11)12/h5-9,13,20H,10H2,1-4H3,(H,18,21). The smallest absolute Gasteiger partial charge is 0.408 e. The monoisotopic (exact) mass is 318 g/mol. The first-order chi connectivity index (χ1) is 10.8. The van der Waals surface area contributed by atoms with E-state index in [1.165, 1.54) is 0 Å². The number of carbonyl (C=O) groups excluding carboxylic acids is 1. The fraction of sp³-hybridized carbons (Fsp3) is 0.412. The van der Waals surface area contributed by atoms with Crippen molar-refractivity contribution in [1.29, 1.82) is 0 Å². The maximum Gasteiger partial charge on any atom is 0.408 e. The summed E-state index contributed by atoms with van der Waals surface area (Å²) in [6.07, 6.45) is -0.587. The molecule has 0 bridgehead atoms. The Morgan fingerprint density at radius 1 is 1.30 bits per heavy atom. The van der Waals surface area contributed by atoms with E-state index in [4.69, 9.17) is 9.47 Å². The molecule has 6 heteroatoms. The molecule has 2 aromatic rings. The van der Waals surface area contributed by atoms with Crippen LogP contribution in [0.15, 0.2) is 30.3 Å². The third-order valence-electron chi connectivity index (χ3n) is 3.18. The number of ether oxygens (including phenoxy) is 2. The van der Waals surface area contributed by atoms with E-state index in [0.29, 0.717) is 17.0 Å². The van der Waals surface area contributed by atoms with E-state index in [9.17, 15) is 9.90 Å². The lowest BCUT2D eigenvalue weighted by Crippen LogP contribution is -2.36. The SMILES string of the molecule is COc1ccc2cccc(C(CO)NC(=O)OC(C)(C)C)c2n1. The molecule has 1 heterocycles. The van der Waals surface area contributed by atoms with Crippen molar-refractivity contribution in [3.8, 4) is 5.88 Å². The number of amides is 1. The molecule has 0 spiro atoms. The molecule has 0 saturated heterocycles. The highest BCUT2D eigenvalue weighted by Gasteiger charge is 2.21. The van der Waals surface area contributed by atoms with E-state index >= 15 is 0 Å². The predicted octanol–water partition coefficient (Wildman–Crippen LogP) is 2.80. The number of alkyl carbamates (subject to hydrolysis) is 1. The van der Waals surface area contributed by atoms with Crippen molar-refractivity contribution in [2.24, 2.45) is 0 Å². The molecule has 1 amide bonds. The maximum absolute atomic E-state index is 12.0. The van der Waals surface area contributed by atoms with Crippen molar-refractivity contribution in [3.05, 3.63) is 35.9 Å². The molecule has 0 saturated carbocycles. The number of fused-ring (bicyclic) bond motifs is 1. The normalized spacial score (nSPS) is 12.7. The number of hydrogen-bond donors (Lipinski definition) is 2. The number of rotatable bonds is 4. The van der Waals surface area contributed by atoms with Crippen LogP contribution in [0.1, 0.15) is 32.4 Å². The zero-order valence-electron chi connectivity index (χ0n) is 13.8. The molecule has 0 aliphatic rings. The van der Waals surface area contributed by atoms with Crippen molar-refractivity contribution in [3.63, 3.8) is 0 Å². The first-order valence-electron chi connectivity index (χ1n) is 7.38. The summed E-state index contributed by atoms with van der Waals surface area (Å²) in [6.45, 7) is 5.08. The molecule has 0 aliphatic heterocycles. The van der Waals surface area contributed by atoms with E-state index in [0.717, 1.165) is 5.39 Å². The van der Waals surface area contributed by atoms with Gasteiger partial charge in [0.25, 0.3) is 0 Å². The highest BCUT2D eigenvalue weighted by Crippen LogP contribution is 2.25. The summed E-state index contributed by atoms with van der Waals surface area (Å²) in [7, 11) is 1.54. The van der Waals surface area contributed by atoms with Gasteiger partial charge in [0.2, 0.25) is 5.88 Å². The van der Waals surface area contributed by atoms with Crippen molar-refractivity contribution in [2.45, 2.75) is 32.4 Å². The van der Waals surface area contributed by atoms with Gasteiger partial charge in [-0.1, -0.05) is 18.2 Å². The number of aromatic nitrogens is 1. The van der Waals surface area contributed by atoms with E-state index in [-0.39, 0.29) is 6.61 Å². The summed E-state index contributed by atoms with van der Waals surface area (Å²) in [6, 6.07) is 8.60. The second-order valence-electron chi connectivity index (χ2n) is 6.15. The Morgan fingerprint density at radius 3 is 2.65 bits per heavy atom. The van der Waals surface area contributed by atoms with Gasteiger partial charge in [-0.2, -0.15) is 0 Å². The number of nitrogens with one attached hydrogen (secondary N) is 1. The van der Waals surface area contributed by atoms with Crippen molar-refractivity contribution in [1.82, 2.24) is 10.3 Å². The van der Waals surface area contributed by atoms with E-state index < -0.39 is 17.7 Å². The number of benzene rings is 1. The third kappa shape index (κ3) is 4.32. The van der Waals surface area contributed by atoms with Crippen LogP contribution in [0, 0.1) is 0 Å². The van der Waals surface area contributed by atoms with Gasteiger partial charge in [-0.25, -0.2) is 9.78 Å². The van der Waals surface area contributed by atoms with Gasteiger partial charge in [0.15, 0.2) is 0 Å². The minimum absolute atomic E-state index is 0.267. The summed E-state index contributed by atoms with van der Waals surface area (Å²) in [5, 5.41) is 13.3. The van der Waals surface area contributed by atoms with Crippen molar-refractivity contribution >= 4 is 17.0 Å². The fourth-order valence-electron chi connectivity index (χ4n) is 2.22.